The third-order valence-electron chi connectivity index (χ3n) is 3.74. The molecule has 0 aromatic heterocycles. The first-order valence-corrected chi connectivity index (χ1v) is 6.42. The molecular weight excluding hydrogens is 244 g/mol. The first-order valence-electron chi connectivity index (χ1n) is 6.42. The molecule has 0 unspecified atom stereocenters. The number of nitrogens with one attached hydrogen (secondary N) is 1. The monoisotopic (exact) mass is 262 g/mol. The molecule has 1 saturated heterocycles. The van der Waals surface area contributed by atoms with Crippen LogP contribution in [0, 0.1) is 17.2 Å². The molecule has 0 spiro atoms. The van der Waals surface area contributed by atoms with Crippen molar-refractivity contribution in [1.29, 1.82) is 0 Å². The number of nitrogens with zero attached hydrogens (tertiary/aromatic N) is 1. The maximum absolute atomic E-state index is 12.1. The van der Waals surface area contributed by atoms with Gasteiger partial charge in [-0.15, -0.1) is 4.91 Å². The van der Waals surface area contributed by atoms with E-state index in [1.54, 1.807) is 0 Å². The van der Waals surface area contributed by atoms with Gasteiger partial charge >= 0.3 is 0 Å². The van der Waals surface area contributed by atoms with Gasteiger partial charge in [-0.3, -0.25) is 4.79 Å². The van der Waals surface area contributed by atoms with E-state index >= 15 is 0 Å². The van der Waals surface area contributed by atoms with E-state index in [-0.39, 0.29) is 5.91 Å². The number of hydrogen-bond donors (Lipinski definition) is 1. The molecule has 1 heterocycles. The third kappa shape index (κ3) is 3.17. The summed E-state index contributed by atoms with van der Waals surface area (Å²) in [4.78, 5) is 22.4. The van der Waals surface area contributed by atoms with Gasteiger partial charge in [0.1, 0.15) is 0 Å². The SMILES string of the molecule is Cc1ccc(CC2(C(=O)NN=O)CCOCC2)cc1. The Morgan fingerprint density at radius 1 is 1.32 bits per heavy atom. The minimum absolute atomic E-state index is 0.300. The number of amides is 1. The van der Waals surface area contributed by atoms with Crippen LogP contribution >= 0.6 is 0 Å². The fraction of sp³-hybridized carbons (Fsp3) is 0.500. The maximum Gasteiger partial charge on any atom is 0.249 e. The zero-order valence-electron chi connectivity index (χ0n) is 11.0. The highest BCUT2D eigenvalue weighted by Gasteiger charge is 2.40. The van der Waals surface area contributed by atoms with Gasteiger partial charge in [-0.1, -0.05) is 29.8 Å². The highest BCUT2D eigenvalue weighted by Crippen LogP contribution is 2.34. The van der Waals surface area contributed by atoms with Gasteiger partial charge in [-0.25, -0.2) is 5.43 Å². The minimum atomic E-state index is -0.582. The molecule has 0 aliphatic carbocycles. The van der Waals surface area contributed by atoms with Gasteiger partial charge < -0.3 is 4.74 Å². The van der Waals surface area contributed by atoms with Crippen molar-refractivity contribution in [2.75, 3.05) is 13.2 Å². The van der Waals surface area contributed by atoms with Crippen molar-refractivity contribution < 1.29 is 9.53 Å². The fourth-order valence-electron chi connectivity index (χ4n) is 2.50. The molecule has 0 bridgehead atoms. The number of hydrogen-bond acceptors (Lipinski definition) is 4. The second kappa shape index (κ2) is 5.93. The molecule has 2 rings (SSSR count). The van der Waals surface area contributed by atoms with E-state index in [4.69, 9.17) is 4.74 Å². The number of carbonyl (C=O) groups excluding carboxylic acids is 1. The summed E-state index contributed by atoms with van der Waals surface area (Å²) in [5.74, 6) is -0.300. The number of aryl methyl sites for hydroxylation is 1. The third-order valence-corrected chi connectivity index (χ3v) is 3.74. The lowest BCUT2D eigenvalue weighted by molar-refractivity contribution is -0.136. The Bertz CT molecular complexity index is 450. The van der Waals surface area contributed by atoms with Gasteiger partial charge in [0, 0.05) is 13.2 Å². The van der Waals surface area contributed by atoms with Crippen molar-refractivity contribution in [3.8, 4) is 0 Å². The summed E-state index contributed by atoms with van der Waals surface area (Å²) in [6.45, 7) is 3.10. The molecule has 1 aromatic rings. The Hall–Kier alpha value is -1.75. The fourth-order valence-corrected chi connectivity index (χ4v) is 2.50. The normalized spacial score (nSPS) is 17.7. The highest BCUT2D eigenvalue weighted by atomic mass is 16.5. The molecule has 5 nitrogen and oxygen atoms in total. The van der Waals surface area contributed by atoms with Crippen LogP contribution in [0.4, 0.5) is 0 Å². The number of carbonyl (C=O) groups is 1. The van der Waals surface area contributed by atoms with Crippen LogP contribution in [-0.2, 0) is 16.0 Å². The van der Waals surface area contributed by atoms with Crippen LogP contribution in [0.5, 0.6) is 0 Å². The molecule has 1 fully saturated rings. The lowest BCUT2D eigenvalue weighted by Crippen LogP contribution is -2.44. The molecule has 0 saturated carbocycles. The van der Waals surface area contributed by atoms with Crippen LogP contribution in [0.1, 0.15) is 24.0 Å². The Balaban J connectivity index is 2.19. The summed E-state index contributed by atoms with van der Waals surface area (Å²) in [5.41, 5.74) is 3.76. The molecule has 102 valence electrons. The molecular formula is C14H18N2O3. The number of rotatable bonds is 4. The Labute approximate surface area is 112 Å². The van der Waals surface area contributed by atoms with Crippen molar-refractivity contribution in [3.05, 3.63) is 40.3 Å². The maximum atomic E-state index is 12.1. The van der Waals surface area contributed by atoms with Crippen LogP contribution in [0.25, 0.3) is 0 Å². The van der Waals surface area contributed by atoms with E-state index < -0.39 is 5.41 Å². The first kappa shape index (κ1) is 13.7. The lowest BCUT2D eigenvalue weighted by atomic mass is 9.74. The molecule has 1 aliphatic rings. The van der Waals surface area contributed by atoms with E-state index in [1.165, 1.54) is 5.56 Å². The van der Waals surface area contributed by atoms with Crippen LogP contribution in [0.2, 0.25) is 0 Å². The molecule has 1 amide bonds. The average molecular weight is 262 g/mol. The van der Waals surface area contributed by atoms with E-state index in [2.05, 4.69) is 10.7 Å². The van der Waals surface area contributed by atoms with Gasteiger partial charge in [-0.05, 0) is 31.7 Å². The number of ether oxygens (including phenoxy) is 1. The topological polar surface area (TPSA) is 67.8 Å². The Morgan fingerprint density at radius 2 is 1.95 bits per heavy atom. The predicted octanol–water partition coefficient (Wildman–Crippen LogP) is 2.13. The standard InChI is InChI=1S/C14H18N2O3/c1-11-2-4-12(5-3-11)10-14(13(17)15-16-18)6-8-19-9-7-14/h2-5H,6-10H2,1H3,(H,15,17,18). The van der Waals surface area contributed by atoms with E-state index in [0.717, 1.165) is 5.56 Å². The molecule has 1 N–H and O–H groups in total. The minimum Gasteiger partial charge on any atom is -0.381 e. The molecule has 0 atom stereocenters. The van der Waals surface area contributed by atoms with Gasteiger partial charge in [0.2, 0.25) is 5.91 Å². The summed E-state index contributed by atoms with van der Waals surface area (Å²) in [7, 11) is 0. The van der Waals surface area contributed by atoms with Crippen molar-refractivity contribution in [2.24, 2.45) is 10.7 Å². The summed E-state index contributed by atoms with van der Waals surface area (Å²) >= 11 is 0. The van der Waals surface area contributed by atoms with Crippen molar-refractivity contribution in [3.63, 3.8) is 0 Å². The van der Waals surface area contributed by atoms with Crippen LogP contribution in [0.3, 0.4) is 0 Å². The zero-order valence-corrected chi connectivity index (χ0v) is 11.0. The Morgan fingerprint density at radius 3 is 2.53 bits per heavy atom. The van der Waals surface area contributed by atoms with Gasteiger partial charge in [0.05, 0.1) is 10.7 Å². The van der Waals surface area contributed by atoms with Gasteiger partial charge in [-0.2, -0.15) is 0 Å². The summed E-state index contributed by atoms with van der Waals surface area (Å²) < 4.78 is 5.32. The van der Waals surface area contributed by atoms with Crippen LogP contribution < -0.4 is 5.43 Å². The number of nitroso groups, excluding NO2 is 1. The lowest BCUT2D eigenvalue weighted by Gasteiger charge is -2.34. The van der Waals surface area contributed by atoms with E-state index in [0.29, 0.717) is 32.5 Å². The van der Waals surface area contributed by atoms with Crippen LogP contribution in [-0.4, -0.2) is 19.1 Å². The average Bonchev–Trinajstić information content (AvgIpc) is 2.43. The Kier molecular flexibility index (Phi) is 4.27. The van der Waals surface area contributed by atoms with Gasteiger partial charge in [0.15, 0.2) is 0 Å². The molecule has 1 aromatic carbocycles. The molecule has 5 heteroatoms. The first-order chi connectivity index (χ1) is 9.16. The van der Waals surface area contributed by atoms with E-state index in [9.17, 15) is 9.70 Å². The number of benzene rings is 1. The highest BCUT2D eigenvalue weighted by molar-refractivity contribution is 5.82. The van der Waals surface area contributed by atoms with Crippen molar-refractivity contribution >= 4 is 5.91 Å². The summed E-state index contributed by atoms with van der Waals surface area (Å²) in [5, 5.41) is 2.52. The largest absolute Gasteiger partial charge is 0.381 e. The molecule has 0 radical (unpaired) electrons. The quantitative estimate of drug-likeness (QED) is 0.667. The predicted molar refractivity (Wildman–Crippen MR) is 71.3 cm³/mol. The zero-order chi connectivity index (χ0) is 13.7. The smallest absolute Gasteiger partial charge is 0.249 e. The van der Waals surface area contributed by atoms with Crippen LogP contribution in [0.15, 0.2) is 29.6 Å². The van der Waals surface area contributed by atoms with Gasteiger partial charge in [0.25, 0.3) is 0 Å². The molecule has 1 aliphatic heterocycles. The second-order valence-electron chi connectivity index (χ2n) is 5.09. The van der Waals surface area contributed by atoms with Crippen molar-refractivity contribution in [1.82, 2.24) is 5.43 Å². The second-order valence-corrected chi connectivity index (χ2v) is 5.09. The van der Waals surface area contributed by atoms with Crippen molar-refractivity contribution in [2.45, 2.75) is 26.2 Å². The summed E-state index contributed by atoms with van der Waals surface area (Å²) in [6, 6.07) is 8.10. The molecule has 19 heavy (non-hydrogen) atoms. The van der Waals surface area contributed by atoms with E-state index in [1.807, 2.05) is 31.2 Å². The summed E-state index contributed by atoms with van der Waals surface area (Å²) in [6.07, 6.45) is 1.84.